The van der Waals surface area contributed by atoms with E-state index in [0.29, 0.717) is 5.95 Å². The van der Waals surface area contributed by atoms with E-state index in [0.717, 1.165) is 11.3 Å². The first-order valence-electron chi connectivity index (χ1n) is 4.33. The minimum Gasteiger partial charge on any atom is -0.425 e. The lowest BCUT2D eigenvalue weighted by Gasteiger charge is -2.05. The molecule has 0 atom stereocenters. The number of aryl methyl sites for hydroxylation is 2. The Hall–Kier alpha value is -1.77. The van der Waals surface area contributed by atoms with Crippen LogP contribution in [0.25, 0.3) is 0 Å². The first kappa shape index (κ1) is 8.81. The molecule has 1 radical (unpaired) electrons. The van der Waals surface area contributed by atoms with Crippen molar-refractivity contribution in [2.75, 3.05) is 0 Å². The fraction of sp³-hybridized carbons (Fsp3) is 0.182. The van der Waals surface area contributed by atoms with Crippen molar-refractivity contribution in [1.29, 1.82) is 0 Å². The van der Waals surface area contributed by atoms with E-state index in [2.05, 4.69) is 17.4 Å². The molecule has 0 fully saturated rings. The topological polar surface area (TPSA) is 35.3 Å². The third-order valence-corrected chi connectivity index (χ3v) is 1.91. The molecular weight excluding hydrogens is 178 g/mol. The summed E-state index contributed by atoms with van der Waals surface area (Å²) in [6.45, 7) is 4.03. The Bertz CT molecular complexity index is 421. The monoisotopic (exact) mass is 188 g/mol. The maximum Gasteiger partial charge on any atom is 0.311 e. The lowest BCUT2D eigenvalue weighted by molar-refractivity contribution is 0.341. The summed E-state index contributed by atoms with van der Waals surface area (Å²) in [7, 11) is 0. The number of hydrogen-bond acceptors (Lipinski definition) is 3. The largest absolute Gasteiger partial charge is 0.425 e. The maximum absolute atomic E-state index is 5.44. The molecule has 0 saturated heterocycles. The minimum atomic E-state index is 0.358. The molecule has 1 aromatic heterocycles. The van der Waals surface area contributed by atoms with Crippen molar-refractivity contribution in [3.63, 3.8) is 0 Å². The fourth-order valence-electron chi connectivity index (χ4n) is 1.25. The number of oxazole rings is 1. The Morgan fingerprint density at radius 3 is 2.86 bits per heavy atom. The van der Waals surface area contributed by atoms with E-state index < -0.39 is 0 Å². The van der Waals surface area contributed by atoms with E-state index in [-0.39, 0.29) is 0 Å². The predicted octanol–water partition coefficient (Wildman–Crippen LogP) is 2.88. The number of nitrogens with zero attached hydrogens (tertiary/aromatic N) is 1. The Kier molecular flexibility index (Phi) is 2.23. The van der Waals surface area contributed by atoms with Gasteiger partial charge in [-0.2, -0.15) is 0 Å². The van der Waals surface area contributed by atoms with Crippen LogP contribution in [-0.4, -0.2) is 4.98 Å². The standard InChI is InChI=1S/C11H10NO2/c1-8-3-4-10(9(2)5-8)14-11-6-12-7-13-11/h3-6H,1-2H3. The highest BCUT2D eigenvalue weighted by atomic mass is 16.6. The second-order valence-corrected chi connectivity index (χ2v) is 3.14. The van der Waals surface area contributed by atoms with Gasteiger partial charge in [0.15, 0.2) is 0 Å². The van der Waals surface area contributed by atoms with E-state index in [1.54, 1.807) is 0 Å². The van der Waals surface area contributed by atoms with E-state index in [4.69, 9.17) is 9.15 Å². The van der Waals surface area contributed by atoms with Crippen molar-refractivity contribution < 1.29 is 9.15 Å². The van der Waals surface area contributed by atoms with Crippen LogP contribution in [0.4, 0.5) is 0 Å². The van der Waals surface area contributed by atoms with Gasteiger partial charge in [-0.15, -0.1) is 0 Å². The van der Waals surface area contributed by atoms with Gasteiger partial charge in [-0.1, -0.05) is 17.7 Å². The van der Waals surface area contributed by atoms with Gasteiger partial charge >= 0.3 is 5.95 Å². The van der Waals surface area contributed by atoms with Gasteiger partial charge in [0.25, 0.3) is 6.39 Å². The van der Waals surface area contributed by atoms with Gasteiger partial charge in [0.2, 0.25) is 0 Å². The van der Waals surface area contributed by atoms with Gasteiger partial charge < -0.3 is 9.15 Å². The van der Waals surface area contributed by atoms with Gasteiger partial charge in [-0.3, -0.25) is 0 Å². The Balaban J connectivity index is 2.25. The highest BCUT2D eigenvalue weighted by Crippen LogP contribution is 2.24. The van der Waals surface area contributed by atoms with Crippen LogP contribution in [0.5, 0.6) is 11.7 Å². The summed E-state index contributed by atoms with van der Waals surface area (Å²) in [5.41, 5.74) is 2.28. The lowest BCUT2D eigenvalue weighted by atomic mass is 10.1. The Morgan fingerprint density at radius 2 is 2.21 bits per heavy atom. The highest BCUT2D eigenvalue weighted by Gasteiger charge is 2.03. The summed E-state index contributed by atoms with van der Waals surface area (Å²) in [6.07, 6.45) is 3.82. The number of hydrogen-bond donors (Lipinski definition) is 0. The van der Waals surface area contributed by atoms with Crippen LogP contribution in [0.3, 0.4) is 0 Å². The molecule has 14 heavy (non-hydrogen) atoms. The SMILES string of the molecule is Cc1ccc(Oc2cn[c]o2)c(C)c1. The van der Waals surface area contributed by atoms with Crippen LogP contribution in [-0.2, 0) is 0 Å². The molecular formula is C11H10NO2. The molecule has 0 bridgehead atoms. The maximum atomic E-state index is 5.44. The molecule has 0 aliphatic heterocycles. The zero-order valence-corrected chi connectivity index (χ0v) is 8.07. The first-order chi connectivity index (χ1) is 6.75. The fourth-order valence-corrected chi connectivity index (χ4v) is 1.25. The van der Waals surface area contributed by atoms with Crippen molar-refractivity contribution in [3.8, 4) is 11.7 Å². The summed E-state index contributed by atoms with van der Waals surface area (Å²) in [5.74, 6) is 1.14. The zero-order valence-electron chi connectivity index (χ0n) is 8.07. The molecule has 0 aliphatic rings. The lowest BCUT2D eigenvalue weighted by Crippen LogP contribution is -1.86. The number of benzene rings is 1. The smallest absolute Gasteiger partial charge is 0.311 e. The molecule has 71 valence electrons. The van der Waals surface area contributed by atoms with Gasteiger partial charge in [0, 0.05) is 0 Å². The van der Waals surface area contributed by atoms with Crippen LogP contribution < -0.4 is 4.74 Å². The minimum absolute atomic E-state index is 0.358. The van der Waals surface area contributed by atoms with E-state index in [9.17, 15) is 0 Å². The Labute approximate surface area is 82.3 Å². The van der Waals surface area contributed by atoms with Crippen molar-refractivity contribution >= 4 is 0 Å². The summed E-state index contributed by atoms with van der Waals surface area (Å²) in [4.78, 5) is 3.65. The van der Waals surface area contributed by atoms with Crippen LogP contribution in [0.2, 0.25) is 0 Å². The van der Waals surface area contributed by atoms with Crippen molar-refractivity contribution in [2.45, 2.75) is 13.8 Å². The second kappa shape index (κ2) is 3.54. The van der Waals surface area contributed by atoms with Crippen LogP contribution in [0.1, 0.15) is 11.1 Å². The van der Waals surface area contributed by atoms with Crippen molar-refractivity contribution in [1.82, 2.24) is 4.98 Å². The van der Waals surface area contributed by atoms with Crippen LogP contribution in [0.15, 0.2) is 28.8 Å². The molecule has 3 nitrogen and oxygen atoms in total. The first-order valence-corrected chi connectivity index (χ1v) is 4.33. The molecule has 1 heterocycles. The third-order valence-electron chi connectivity index (χ3n) is 1.91. The predicted molar refractivity (Wildman–Crippen MR) is 51.3 cm³/mol. The molecule has 0 spiro atoms. The number of aromatic nitrogens is 1. The quantitative estimate of drug-likeness (QED) is 0.726. The van der Waals surface area contributed by atoms with Gasteiger partial charge in [0.1, 0.15) is 11.9 Å². The Morgan fingerprint density at radius 1 is 1.36 bits per heavy atom. The van der Waals surface area contributed by atoms with Crippen LogP contribution >= 0.6 is 0 Å². The van der Waals surface area contributed by atoms with Crippen molar-refractivity contribution in [3.05, 3.63) is 41.9 Å². The summed E-state index contributed by atoms with van der Waals surface area (Å²) in [5, 5.41) is 0. The average Bonchev–Trinajstić information content (AvgIpc) is 2.62. The molecule has 2 aromatic rings. The van der Waals surface area contributed by atoms with Crippen molar-refractivity contribution in [2.24, 2.45) is 0 Å². The van der Waals surface area contributed by atoms with Gasteiger partial charge in [-0.25, -0.2) is 4.98 Å². The molecule has 0 unspecified atom stereocenters. The van der Waals surface area contributed by atoms with Gasteiger partial charge in [0.05, 0.1) is 0 Å². The van der Waals surface area contributed by atoms with E-state index in [1.165, 1.54) is 11.8 Å². The zero-order chi connectivity index (χ0) is 9.97. The highest BCUT2D eigenvalue weighted by molar-refractivity contribution is 5.37. The normalized spacial score (nSPS) is 10.1. The summed E-state index contributed by atoms with van der Waals surface area (Å²) >= 11 is 0. The molecule has 0 amide bonds. The van der Waals surface area contributed by atoms with Crippen LogP contribution in [0, 0.1) is 20.2 Å². The van der Waals surface area contributed by atoms with E-state index >= 15 is 0 Å². The van der Waals surface area contributed by atoms with E-state index in [1.807, 2.05) is 26.0 Å². The molecule has 0 aliphatic carbocycles. The molecule has 2 rings (SSSR count). The number of ether oxygens (including phenoxy) is 1. The molecule has 1 aromatic carbocycles. The summed E-state index contributed by atoms with van der Waals surface area (Å²) < 4.78 is 10.3. The number of rotatable bonds is 2. The molecule has 0 saturated carbocycles. The average molecular weight is 188 g/mol. The molecule has 3 heteroatoms. The summed E-state index contributed by atoms with van der Waals surface area (Å²) in [6, 6.07) is 5.95. The second-order valence-electron chi connectivity index (χ2n) is 3.14. The van der Waals surface area contributed by atoms with Gasteiger partial charge in [-0.05, 0) is 25.5 Å². The molecule has 0 N–H and O–H groups in total. The third kappa shape index (κ3) is 1.76.